The number of nitrogens with zero attached hydrogens (tertiary/aromatic N) is 1. The van der Waals surface area contributed by atoms with Crippen LogP contribution in [-0.4, -0.2) is 51.8 Å². The molecule has 1 atom stereocenters. The average Bonchev–Trinajstić information content (AvgIpc) is 2.68. The summed E-state index contributed by atoms with van der Waals surface area (Å²) < 4.78 is 16.3. The van der Waals surface area contributed by atoms with E-state index < -0.39 is 0 Å². The van der Waals surface area contributed by atoms with Crippen LogP contribution < -0.4 is 19.5 Å². The van der Waals surface area contributed by atoms with E-state index >= 15 is 0 Å². The summed E-state index contributed by atoms with van der Waals surface area (Å²) in [6.07, 6.45) is 0. The second kappa shape index (κ2) is 10.8. The lowest BCUT2D eigenvalue weighted by Gasteiger charge is -2.21. The van der Waals surface area contributed by atoms with Gasteiger partial charge in [0.2, 0.25) is 5.91 Å². The molecule has 1 amide bonds. The van der Waals surface area contributed by atoms with E-state index in [1.54, 1.807) is 26.4 Å². The molecule has 2 rings (SSSR count). The van der Waals surface area contributed by atoms with Gasteiger partial charge in [0.05, 0.1) is 26.8 Å². The third-order valence-corrected chi connectivity index (χ3v) is 4.50. The lowest BCUT2D eigenvalue weighted by atomic mass is 10.1. The number of methoxy groups -OCH3 is 2. The van der Waals surface area contributed by atoms with Gasteiger partial charge in [-0.25, -0.2) is 0 Å². The highest BCUT2D eigenvalue weighted by molar-refractivity contribution is 6.30. The maximum Gasteiger partial charge on any atom is 0.234 e. The number of amides is 1. The molecule has 6 nitrogen and oxygen atoms in total. The average molecular weight is 407 g/mol. The van der Waals surface area contributed by atoms with Gasteiger partial charge in [-0.15, -0.1) is 0 Å². The first-order valence-corrected chi connectivity index (χ1v) is 9.39. The van der Waals surface area contributed by atoms with E-state index in [-0.39, 0.29) is 18.5 Å². The number of nitrogens with one attached hydrogen (secondary N) is 1. The predicted molar refractivity (Wildman–Crippen MR) is 111 cm³/mol. The Hall–Kier alpha value is -2.44. The van der Waals surface area contributed by atoms with E-state index in [1.165, 1.54) is 0 Å². The number of benzene rings is 2. The molecule has 152 valence electrons. The standard InChI is InChI=1S/C21H27ClN2O4/c1-15(19-13-18(26-3)9-10-20(19)27-4)23-21(25)14-24(2)11-12-28-17-7-5-16(22)6-8-17/h5-10,13,15H,11-12,14H2,1-4H3,(H,23,25). The highest BCUT2D eigenvalue weighted by atomic mass is 35.5. The van der Waals surface area contributed by atoms with Gasteiger partial charge in [0.15, 0.2) is 0 Å². The van der Waals surface area contributed by atoms with Crippen LogP contribution >= 0.6 is 11.6 Å². The fourth-order valence-corrected chi connectivity index (χ4v) is 2.84. The molecule has 0 fully saturated rings. The van der Waals surface area contributed by atoms with Crippen LogP contribution in [0.25, 0.3) is 0 Å². The minimum absolute atomic E-state index is 0.0774. The molecule has 0 heterocycles. The molecule has 0 bridgehead atoms. The Morgan fingerprint density at radius 3 is 2.43 bits per heavy atom. The van der Waals surface area contributed by atoms with Gasteiger partial charge >= 0.3 is 0 Å². The van der Waals surface area contributed by atoms with Crippen molar-refractivity contribution in [3.63, 3.8) is 0 Å². The van der Waals surface area contributed by atoms with Crippen LogP contribution in [0.15, 0.2) is 42.5 Å². The second-order valence-corrected chi connectivity index (χ2v) is 6.87. The van der Waals surface area contributed by atoms with Crippen molar-refractivity contribution >= 4 is 17.5 Å². The van der Waals surface area contributed by atoms with E-state index in [1.807, 2.05) is 49.2 Å². The van der Waals surface area contributed by atoms with Gasteiger partial charge in [0.1, 0.15) is 23.9 Å². The summed E-state index contributed by atoms with van der Waals surface area (Å²) in [6.45, 7) is 3.27. The summed E-state index contributed by atoms with van der Waals surface area (Å²) in [5.74, 6) is 2.10. The molecule has 2 aromatic rings. The summed E-state index contributed by atoms with van der Waals surface area (Å²) in [5.41, 5.74) is 0.865. The maximum absolute atomic E-state index is 12.4. The zero-order valence-electron chi connectivity index (χ0n) is 16.7. The molecule has 28 heavy (non-hydrogen) atoms. The van der Waals surface area contributed by atoms with Crippen molar-refractivity contribution in [3.8, 4) is 17.2 Å². The summed E-state index contributed by atoms with van der Waals surface area (Å²) in [5, 5.41) is 3.67. The van der Waals surface area contributed by atoms with E-state index in [0.717, 1.165) is 11.3 Å². The molecule has 7 heteroatoms. The predicted octanol–water partition coefficient (Wildman–Crippen LogP) is 3.55. The summed E-state index contributed by atoms with van der Waals surface area (Å²) >= 11 is 5.85. The Balaban J connectivity index is 1.81. The topological polar surface area (TPSA) is 60.0 Å². The van der Waals surface area contributed by atoms with E-state index in [9.17, 15) is 4.79 Å². The van der Waals surface area contributed by atoms with Crippen molar-refractivity contribution in [2.24, 2.45) is 0 Å². The Morgan fingerprint density at radius 2 is 1.79 bits per heavy atom. The molecule has 0 spiro atoms. The first kappa shape index (κ1) is 21.9. The minimum Gasteiger partial charge on any atom is -0.497 e. The third-order valence-electron chi connectivity index (χ3n) is 4.25. The number of likely N-dealkylation sites (N-methyl/N-ethyl adjacent to an activating group) is 1. The molecule has 2 aromatic carbocycles. The van der Waals surface area contributed by atoms with Crippen molar-refractivity contribution in [1.82, 2.24) is 10.2 Å². The molecule has 0 aromatic heterocycles. The molecule has 0 aliphatic heterocycles. The number of hydrogen-bond donors (Lipinski definition) is 1. The minimum atomic E-state index is -0.212. The Kier molecular flexibility index (Phi) is 8.42. The molecule has 0 aliphatic rings. The van der Waals surface area contributed by atoms with Gasteiger partial charge in [-0.1, -0.05) is 11.6 Å². The molecule has 1 unspecified atom stereocenters. The normalized spacial score (nSPS) is 11.8. The Bertz CT molecular complexity index is 768. The SMILES string of the molecule is COc1ccc(OC)c(C(C)NC(=O)CN(C)CCOc2ccc(Cl)cc2)c1. The number of carbonyl (C=O) groups is 1. The molecule has 0 aliphatic carbocycles. The van der Waals surface area contributed by atoms with Crippen LogP contribution in [0.2, 0.25) is 5.02 Å². The number of carbonyl (C=O) groups excluding carboxylic acids is 1. The van der Waals surface area contributed by atoms with E-state index in [2.05, 4.69) is 5.32 Å². The van der Waals surface area contributed by atoms with E-state index in [0.29, 0.717) is 29.7 Å². The molecule has 1 N–H and O–H groups in total. The van der Waals surface area contributed by atoms with Crippen LogP contribution in [0, 0.1) is 0 Å². The van der Waals surface area contributed by atoms with Crippen molar-refractivity contribution < 1.29 is 19.0 Å². The fourth-order valence-electron chi connectivity index (χ4n) is 2.72. The van der Waals surface area contributed by atoms with Gasteiger partial charge in [0.25, 0.3) is 0 Å². The molecule has 0 radical (unpaired) electrons. The molecule has 0 saturated heterocycles. The lowest BCUT2D eigenvalue weighted by Crippen LogP contribution is -2.38. The number of ether oxygens (including phenoxy) is 3. The zero-order valence-corrected chi connectivity index (χ0v) is 17.5. The van der Waals surface area contributed by atoms with Gasteiger partial charge in [-0.2, -0.15) is 0 Å². The smallest absolute Gasteiger partial charge is 0.234 e. The Labute approximate surface area is 171 Å². The van der Waals surface area contributed by atoms with Crippen LogP contribution in [0.4, 0.5) is 0 Å². The summed E-state index contributed by atoms with van der Waals surface area (Å²) in [6, 6.07) is 12.5. The van der Waals surface area contributed by atoms with Crippen LogP contribution in [0.5, 0.6) is 17.2 Å². The first-order valence-electron chi connectivity index (χ1n) is 9.01. The molecular weight excluding hydrogens is 380 g/mol. The maximum atomic E-state index is 12.4. The van der Waals surface area contributed by atoms with Gasteiger partial charge < -0.3 is 19.5 Å². The van der Waals surface area contributed by atoms with Crippen LogP contribution in [0.3, 0.4) is 0 Å². The number of rotatable bonds is 10. The number of hydrogen-bond acceptors (Lipinski definition) is 5. The highest BCUT2D eigenvalue weighted by Gasteiger charge is 2.16. The van der Waals surface area contributed by atoms with Crippen molar-refractivity contribution in [2.75, 3.05) is 41.0 Å². The van der Waals surface area contributed by atoms with Gasteiger partial charge in [0, 0.05) is 17.1 Å². The van der Waals surface area contributed by atoms with Gasteiger partial charge in [-0.3, -0.25) is 9.69 Å². The summed E-state index contributed by atoms with van der Waals surface area (Å²) in [4.78, 5) is 14.3. The monoisotopic (exact) mass is 406 g/mol. The first-order chi connectivity index (χ1) is 13.4. The van der Waals surface area contributed by atoms with Crippen molar-refractivity contribution in [3.05, 3.63) is 53.1 Å². The Morgan fingerprint density at radius 1 is 1.11 bits per heavy atom. The quantitative estimate of drug-likeness (QED) is 0.653. The van der Waals surface area contributed by atoms with Crippen LogP contribution in [0.1, 0.15) is 18.5 Å². The number of halogens is 1. The largest absolute Gasteiger partial charge is 0.497 e. The molecular formula is C21H27ClN2O4. The van der Waals surface area contributed by atoms with Crippen LogP contribution in [-0.2, 0) is 4.79 Å². The highest BCUT2D eigenvalue weighted by Crippen LogP contribution is 2.29. The van der Waals surface area contributed by atoms with E-state index in [4.69, 9.17) is 25.8 Å². The van der Waals surface area contributed by atoms with Crippen molar-refractivity contribution in [2.45, 2.75) is 13.0 Å². The molecule has 0 saturated carbocycles. The zero-order chi connectivity index (χ0) is 20.5. The lowest BCUT2D eigenvalue weighted by molar-refractivity contribution is -0.122. The third kappa shape index (κ3) is 6.62. The van der Waals surface area contributed by atoms with Crippen molar-refractivity contribution in [1.29, 1.82) is 0 Å². The fraction of sp³-hybridized carbons (Fsp3) is 0.381. The second-order valence-electron chi connectivity index (χ2n) is 6.44. The summed E-state index contributed by atoms with van der Waals surface area (Å²) in [7, 11) is 5.09. The van der Waals surface area contributed by atoms with Gasteiger partial charge in [-0.05, 0) is 56.4 Å².